The molecule has 0 aliphatic carbocycles. The molecule has 3 rings (SSSR count). The van der Waals surface area contributed by atoms with Gasteiger partial charge < -0.3 is 10.6 Å². The molecule has 0 bridgehead atoms. The maximum atomic E-state index is 12.5. The predicted octanol–water partition coefficient (Wildman–Crippen LogP) is 4.89. The van der Waals surface area contributed by atoms with E-state index < -0.39 is 0 Å². The molecular weight excluding hydrogens is 390 g/mol. The van der Waals surface area contributed by atoms with E-state index in [1.807, 2.05) is 6.07 Å². The maximum absolute atomic E-state index is 12.5. The fourth-order valence-corrected chi connectivity index (χ4v) is 4.30. The number of aryl methyl sites for hydroxylation is 2. The van der Waals surface area contributed by atoms with Crippen LogP contribution in [0, 0.1) is 25.2 Å². The van der Waals surface area contributed by atoms with Gasteiger partial charge in [0.05, 0.1) is 16.5 Å². The summed E-state index contributed by atoms with van der Waals surface area (Å²) < 4.78 is 0.697. The SMILES string of the molecule is Cc1ccc(Nc2nnc(S[C@H](C)C(=O)Nc3ccccc3C#N)s2)cc1C. The average molecular weight is 410 g/mol. The Morgan fingerprint density at radius 3 is 2.71 bits per heavy atom. The molecule has 0 saturated carbocycles. The quantitative estimate of drug-likeness (QED) is 0.563. The van der Waals surface area contributed by atoms with Crippen molar-refractivity contribution in [3.63, 3.8) is 0 Å². The Kier molecular flexibility index (Phi) is 6.29. The first-order valence-corrected chi connectivity index (χ1v) is 10.3. The van der Waals surface area contributed by atoms with Gasteiger partial charge in [-0.05, 0) is 56.2 Å². The van der Waals surface area contributed by atoms with Gasteiger partial charge in [-0.25, -0.2) is 0 Å². The van der Waals surface area contributed by atoms with Crippen LogP contribution >= 0.6 is 23.1 Å². The normalized spacial score (nSPS) is 11.5. The second-order valence-corrected chi connectivity index (χ2v) is 8.77. The Morgan fingerprint density at radius 2 is 1.96 bits per heavy atom. The average Bonchev–Trinajstić information content (AvgIpc) is 3.12. The summed E-state index contributed by atoms with van der Waals surface area (Å²) in [4.78, 5) is 12.5. The van der Waals surface area contributed by atoms with Gasteiger partial charge in [0.15, 0.2) is 4.34 Å². The van der Waals surface area contributed by atoms with Crippen LogP contribution < -0.4 is 10.6 Å². The van der Waals surface area contributed by atoms with Crippen LogP contribution in [-0.4, -0.2) is 21.4 Å². The van der Waals surface area contributed by atoms with Gasteiger partial charge in [0.2, 0.25) is 11.0 Å². The Balaban J connectivity index is 1.61. The molecule has 3 aromatic rings. The second-order valence-electron chi connectivity index (χ2n) is 6.20. The molecule has 0 spiro atoms. The molecular formula is C20H19N5OS2. The number of carbonyl (C=O) groups excluding carboxylic acids is 1. The number of aromatic nitrogens is 2. The molecule has 8 heteroatoms. The summed E-state index contributed by atoms with van der Waals surface area (Å²) in [5.74, 6) is -0.188. The molecule has 0 aliphatic heterocycles. The van der Waals surface area contributed by atoms with E-state index in [9.17, 15) is 4.79 Å². The fourth-order valence-electron chi connectivity index (χ4n) is 2.38. The Hall–Kier alpha value is -2.89. The highest BCUT2D eigenvalue weighted by Crippen LogP contribution is 2.31. The van der Waals surface area contributed by atoms with Crippen molar-refractivity contribution in [2.24, 2.45) is 0 Å². The number of rotatable bonds is 6. The van der Waals surface area contributed by atoms with Crippen LogP contribution in [0.1, 0.15) is 23.6 Å². The van der Waals surface area contributed by atoms with E-state index in [-0.39, 0.29) is 11.2 Å². The number of hydrogen-bond acceptors (Lipinski definition) is 7. The van der Waals surface area contributed by atoms with Gasteiger partial charge in [0.25, 0.3) is 0 Å². The van der Waals surface area contributed by atoms with Gasteiger partial charge in [0, 0.05) is 5.69 Å². The number of hydrogen-bond donors (Lipinski definition) is 2. The third-order valence-electron chi connectivity index (χ3n) is 4.12. The highest BCUT2D eigenvalue weighted by Gasteiger charge is 2.18. The molecule has 0 saturated heterocycles. The Morgan fingerprint density at radius 1 is 1.18 bits per heavy atom. The first-order chi connectivity index (χ1) is 13.5. The van der Waals surface area contributed by atoms with Gasteiger partial charge in [-0.15, -0.1) is 10.2 Å². The van der Waals surface area contributed by atoms with Gasteiger partial charge in [-0.3, -0.25) is 4.79 Å². The van der Waals surface area contributed by atoms with E-state index in [4.69, 9.17) is 5.26 Å². The number of anilines is 3. The third kappa shape index (κ3) is 4.88. The zero-order chi connectivity index (χ0) is 20.1. The number of nitrogens with zero attached hydrogens (tertiary/aromatic N) is 3. The monoisotopic (exact) mass is 409 g/mol. The Bertz CT molecular complexity index is 1040. The molecule has 1 aromatic heterocycles. The first-order valence-electron chi connectivity index (χ1n) is 8.60. The van der Waals surface area contributed by atoms with E-state index >= 15 is 0 Å². The van der Waals surface area contributed by atoms with Crippen molar-refractivity contribution in [3.05, 3.63) is 59.2 Å². The van der Waals surface area contributed by atoms with Gasteiger partial charge in [-0.2, -0.15) is 5.26 Å². The number of thioether (sulfide) groups is 1. The van der Waals surface area contributed by atoms with Crippen molar-refractivity contribution in [2.45, 2.75) is 30.4 Å². The number of benzene rings is 2. The van der Waals surface area contributed by atoms with Crippen molar-refractivity contribution >= 4 is 45.5 Å². The lowest BCUT2D eigenvalue weighted by Crippen LogP contribution is -2.22. The molecule has 0 unspecified atom stereocenters. The van der Waals surface area contributed by atoms with E-state index in [1.165, 1.54) is 34.2 Å². The van der Waals surface area contributed by atoms with E-state index in [0.29, 0.717) is 20.7 Å². The minimum atomic E-state index is -0.380. The summed E-state index contributed by atoms with van der Waals surface area (Å²) in [6.07, 6.45) is 0. The van der Waals surface area contributed by atoms with Crippen molar-refractivity contribution in [2.75, 3.05) is 10.6 Å². The van der Waals surface area contributed by atoms with Crippen LogP contribution in [0.25, 0.3) is 0 Å². The molecule has 2 aromatic carbocycles. The van der Waals surface area contributed by atoms with Crippen LogP contribution in [0.5, 0.6) is 0 Å². The number of nitriles is 1. The van der Waals surface area contributed by atoms with Crippen molar-refractivity contribution in [1.29, 1.82) is 5.26 Å². The molecule has 6 nitrogen and oxygen atoms in total. The number of carbonyl (C=O) groups is 1. The number of nitrogens with one attached hydrogen (secondary N) is 2. The Labute approximate surface area is 172 Å². The first kappa shape index (κ1) is 19.9. The summed E-state index contributed by atoms with van der Waals surface area (Å²) in [5, 5.41) is 23.8. The van der Waals surface area contributed by atoms with Crippen LogP contribution in [0.2, 0.25) is 0 Å². The van der Waals surface area contributed by atoms with Gasteiger partial charge >= 0.3 is 0 Å². The molecule has 0 radical (unpaired) electrons. The lowest BCUT2D eigenvalue weighted by Gasteiger charge is -2.11. The third-order valence-corrected chi connectivity index (χ3v) is 6.14. The summed E-state index contributed by atoms with van der Waals surface area (Å²) in [7, 11) is 0. The molecule has 1 amide bonds. The van der Waals surface area contributed by atoms with Crippen molar-refractivity contribution in [3.8, 4) is 6.07 Å². The standard InChI is InChI=1S/C20H19N5OS2/c1-12-8-9-16(10-13(12)2)22-19-24-25-20(28-19)27-14(3)18(26)23-17-7-5-4-6-15(17)11-21/h4-10,14H,1-3H3,(H,22,24)(H,23,26)/t14-/m1/s1. The smallest absolute Gasteiger partial charge is 0.237 e. The molecule has 142 valence electrons. The lowest BCUT2D eigenvalue weighted by atomic mass is 10.1. The largest absolute Gasteiger partial charge is 0.330 e. The maximum Gasteiger partial charge on any atom is 0.237 e. The van der Waals surface area contributed by atoms with Crippen LogP contribution in [-0.2, 0) is 4.79 Å². The summed E-state index contributed by atoms with van der Waals surface area (Å²) in [5.41, 5.74) is 4.33. The van der Waals surface area contributed by atoms with Crippen molar-refractivity contribution < 1.29 is 4.79 Å². The summed E-state index contributed by atoms with van der Waals surface area (Å²) >= 11 is 2.73. The second kappa shape index (κ2) is 8.87. The topological polar surface area (TPSA) is 90.7 Å². The molecule has 0 aliphatic rings. The molecule has 0 fully saturated rings. The minimum absolute atomic E-state index is 0.188. The summed E-state index contributed by atoms with van der Waals surface area (Å²) in [6, 6.07) is 15.1. The zero-order valence-electron chi connectivity index (χ0n) is 15.7. The zero-order valence-corrected chi connectivity index (χ0v) is 17.3. The van der Waals surface area contributed by atoms with Gasteiger partial charge in [-0.1, -0.05) is 41.3 Å². The number of amides is 1. The van der Waals surface area contributed by atoms with E-state index in [2.05, 4.69) is 52.9 Å². The lowest BCUT2D eigenvalue weighted by molar-refractivity contribution is -0.115. The van der Waals surface area contributed by atoms with Crippen LogP contribution in [0.3, 0.4) is 0 Å². The molecule has 1 atom stereocenters. The van der Waals surface area contributed by atoms with E-state index in [0.717, 1.165) is 5.69 Å². The molecule has 1 heterocycles. The highest BCUT2D eigenvalue weighted by molar-refractivity contribution is 8.02. The minimum Gasteiger partial charge on any atom is -0.330 e. The molecule has 28 heavy (non-hydrogen) atoms. The number of para-hydroxylation sites is 1. The van der Waals surface area contributed by atoms with Crippen molar-refractivity contribution in [1.82, 2.24) is 10.2 Å². The predicted molar refractivity (Wildman–Crippen MR) is 114 cm³/mol. The summed E-state index contributed by atoms with van der Waals surface area (Å²) in [6.45, 7) is 5.93. The molecule has 2 N–H and O–H groups in total. The highest BCUT2D eigenvalue weighted by atomic mass is 32.2. The van der Waals surface area contributed by atoms with Crippen LogP contribution in [0.4, 0.5) is 16.5 Å². The van der Waals surface area contributed by atoms with Crippen LogP contribution in [0.15, 0.2) is 46.8 Å². The van der Waals surface area contributed by atoms with Gasteiger partial charge in [0.1, 0.15) is 6.07 Å². The van der Waals surface area contributed by atoms with E-state index in [1.54, 1.807) is 31.2 Å². The fraction of sp³-hybridized carbons (Fsp3) is 0.200.